The maximum Gasteiger partial charge on any atom is 0.247 e. The molecule has 0 saturated carbocycles. The van der Waals surface area contributed by atoms with Gasteiger partial charge in [-0.05, 0) is 59.5 Å². The molecule has 0 atom stereocenters. The molecule has 2 aromatic heterocycles. The molecule has 6 heteroatoms. The molecule has 31 heavy (non-hydrogen) atoms. The lowest BCUT2D eigenvalue weighted by Gasteiger charge is -2.21. The molecule has 1 aromatic carbocycles. The van der Waals surface area contributed by atoms with Crippen LogP contribution in [-0.4, -0.2) is 33.2 Å². The number of aromatic nitrogens is 2. The van der Waals surface area contributed by atoms with E-state index in [0.717, 1.165) is 35.3 Å². The SMILES string of the molecule is O=C(/C=C/c1ccc(N2CCCC2=O)cc1)N(Cc1ccncc1)Cc1cccnc1. The first-order chi connectivity index (χ1) is 15.2. The standard InChI is InChI=1S/C25H24N4O2/c30-24(10-7-20-5-8-23(9-6-20)29-16-2-4-25(29)31)28(18-21-11-14-26-15-12-21)19-22-3-1-13-27-17-22/h1,3,5-15,17H,2,4,16,18-19H2/b10-7+. The first-order valence-corrected chi connectivity index (χ1v) is 10.3. The van der Waals surface area contributed by atoms with Gasteiger partial charge in [0.25, 0.3) is 0 Å². The molecule has 3 heterocycles. The lowest BCUT2D eigenvalue weighted by molar-refractivity contribution is -0.127. The summed E-state index contributed by atoms with van der Waals surface area (Å²) >= 11 is 0. The van der Waals surface area contributed by atoms with Gasteiger partial charge < -0.3 is 9.80 Å². The lowest BCUT2D eigenvalue weighted by atomic mass is 10.1. The maximum absolute atomic E-state index is 13.0. The van der Waals surface area contributed by atoms with E-state index in [-0.39, 0.29) is 11.8 Å². The molecule has 3 aromatic rings. The first kappa shape index (κ1) is 20.5. The van der Waals surface area contributed by atoms with Gasteiger partial charge in [0.1, 0.15) is 0 Å². The van der Waals surface area contributed by atoms with E-state index in [1.165, 1.54) is 0 Å². The number of amides is 2. The first-order valence-electron chi connectivity index (χ1n) is 10.3. The number of benzene rings is 1. The van der Waals surface area contributed by atoms with Gasteiger partial charge in [-0.1, -0.05) is 18.2 Å². The molecule has 6 nitrogen and oxygen atoms in total. The van der Waals surface area contributed by atoms with Gasteiger partial charge in [-0.2, -0.15) is 0 Å². The van der Waals surface area contributed by atoms with Crippen molar-refractivity contribution in [1.29, 1.82) is 0 Å². The smallest absolute Gasteiger partial charge is 0.247 e. The monoisotopic (exact) mass is 412 g/mol. The van der Waals surface area contributed by atoms with Gasteiger partial charge in [0.15, 0.2) is 0 Å². The number of rotatable bonds is 7. The van der Waals surface area contributed by atoms with Gasteiger partial charge in [-0.3, -0.25) is 19.6 Å². The minimum atomic E-state index is -0.0838. The zero-order valence-corrected chi connectivity index (χ0v) is 17.2. The summed E-state index contributed by atoms with van der Waals surface area (Å²) in [5, 5.41) is 0. The van der Waals surface area contributed by atoms with E-state index in [0.29, 0.717) is 19.5 Å². The van der Waals surface area contributed by atoms with Crippen LogP contribution in [0.4, 0.5) is 5.69 Å². The summed E-state index contributed by atoms with van der Waals surface area (Å²) in [5.41, 5.74) is 3.80. The highest BCUT2D eigenvalue weighted by molar-refractivity contribution is 5.95. The van der Waals surface area contributed by atoms with Crippen LogP contribution in [0.5, 0.6) is 0 Å². The molecule has 0 bridgehead atoms. The van der Waals surface area contributed by atoms with Crippen LogP contribution in [0.25, 0.3) is 6.08 Å². The Labute approximate surface area is 181 Å². The van der Waals surface area contributed by atoms with Crippen LogP contribution >= 0.6 is 0 Å². The number of carbonyl (C=O) groups excluding carboxylic acids is 2. The van der Waals surface area contributed by atoms with Crippen molar-refractivity contribution in [2.24, 2.45) is 0 Å². The summed E-state index contributed by atoms with van der Waals surface area (Å²) in [7, 11) is 0. The molecule has 4 rings (SSSR count). The minimum Gasteiger partial charge on any atom is -0.330 e. The highest BCUT2D eigenvalue weighted by atomic mass is 16.2. The van der Waals surface area contributed by atoms with E-state index < -0.39 is 0 Å². The Hall–Kier alpha value is -3.80. The number of nitrogens with zero attached hydrogens (tertiary/aromatic N) is 4. The molecule has 2 amide bonds. The Bertz CT molecular complexity index is 1010. The third-order valence-electron chi connectivity index (χ3n) is 5.23. The summed E-state index contributed by atoms with van der Waals surface area (Å²) in [6, 6.07) is 15.4. The van der Waals surface area contributed by atoms with E-state index in [1.807, 2.05) is 53.4 Å². The molecule has 0 unspecified atom stereocenters. The average Bonchev–Trinajstić information content (AvgIpc) is 3.24. The van der Waals surface area contributed by atoms with Crippen molar-refractivity contribution in [3.05, 3.63) is 96.1 Å². The predicted octanol–water partition coefficient (Wildman–Crippen LogP) is 3.85. The Morgan fingerprint density at radius 2 is 1.74 bits per heavy atom. The van der Waals surface area contributed by atoms with Crippen LogP contribution in [0, 0.1) is 0 Å². The van der Waals surface area contributed by atoms with Crippen molar-refractivity contribution in [2.75, 3.05) is 11.4 Å². The zero-order chi connectivity index (χ0) is 21.5. The summed E-state index contributed by atoms with van der Waals surface area (Å²) in [6.45, 7) is 1.72. The van der Waals surface area contributed by atoms with E-state index in [1.54, 1.807) is 41.8 Å². The molecule has 1 fully saturated rings. The molecule has 0 radical (unpaired) electrons. The summed E-state index contributed by atoms with van der Waals surface area (Å²) in [5.74, 6) is 0.0834. The van der Waals surface area contributed by atoms with Crippen LogP contribution in [-0.2, 0) is 22.7 Å². The maximum atomic E-state index is 13.0. The van der Waals surface area contributed by atoms with Crippen molar-refractivity contribution in [2.45, 2.75) is 25.9 Å². The second-order valence-corrected chi connectivity index (χ2v) is 7.48. The van der Waals surface area contributed by atoms with Crippen LogP contribution in [0.1, 0.15) is 29.5 Å². The Balaban J connectivity index is 1.47. The van der Waals surface area contributed by atoms with Gasteiger partial charge in [0, 0.05) is 62.6 Å². The van der Waals surface area contributed by atoms with Crippen molar-refractivity contribution in [3.63, 3.8) is 0 Å². The van der Waals surface area contributed by atoms with E-state index in [4.69, 9.17) is 0 Å². The fourth-order valence-corrected chi connectivity index (χ4v) is 3.59. The van der Waals surface area contributed by atoms with Crippen molar-refractivity contribution < 1.29 is 9.59 Å². The Morgan fingerprint density at radius 3 is 2.42 bits per heavy atom. The van der Waals surface area contributed by atoms with Crippen molar-refractivity contribution in [3.8, 4) is 0 Å². The van der Waals surface area contributed by atoms with Crippen LogP contribution in [0.2, 0.25) is 0 Å². The molecule has 0 aliphatic carbocycles. The normalized spacial score (nSPS) is 13.7. The van der Waals surface area contributed by atoms with E-state index in [2.05, 4.69) is 9.97 Å². The molecule has 1 aliphatic heterocycles. The number of anilines is 1. The second-order valence-electron chi connectivity index (χ2n) is 7.48. The summed E-state index contributed by atoms with van der Waals surface area (Å²) in [4.78, 5) is 36.7. The van der Waals surface area contributed by atoms with Crippen molar-refractivity contribution >= 4 is 23.6 Å². The molecular weight excluding hydrogens is 388 g/mol. The van der Waals surface area contributed by atoms with Gasteiger partial charge >= 0.3 is 0 Å². The number of carbonyl (C=O) groups is 2. The molecule has 156 valence electrons. The third kappa shape index (κ3) is 5.42. The number of pyridine rings is 2. The number of hydrogen-bond donors (Lipinski definition) is 0. The van der Waals surface area contributed by atoms with E-state index in [9.17, 15) is 9.59 Å². The molecular formula is C25H24N4O2. The topological polar surface area (TPSA) is 66.4 Å². The highest BCUT2D eigenvalue weighted by Crippen LogP contribution is 2.22. The van der Waals surface area contributed by atoms with Crippen LogP contribution in [0.15, 0.2) is 79.4 Å². The lowest BCUT2D eigenvalue weighted by Crippen LogP contribution is -2.28. The fourth-order valence-electron chi connectivity index (χ4n) is 3.59. The summed E-state index contributed by atoms with van der Waals surface area (Å²) < 4.78 is 0. The summed E-state index contributed by atoms with van der Waals surface area (Å²) in [6.07, 6.45) is 11.9. The second kappa shape index (κ2) is 9.80. The Morgan fingerprint density at radius 1 is 0.968 bits per heavy atom. The minimum absolute atomic E-state index is 0.0838. The van der Waals surface area contributed by atoms with E-state index >= 15 is 0 Å². The molecule has 1 aliphatic rings. The van der Waals surface area contributed by atoms with Gasteiger partial charge in [-0.15, -0.1) is 0 Å². The largest absolute Gasteiger partial charge is 0.330 e. The van der Waals surface area contributed by atoms with Crippen molar-refractivity contribution in [1.82, 2.24) is 14.9 Å². The average molecular weight is 412 g/mol. The van der Waals surface area contributed by atoms with Gasteiger partial charge in [0.05, 0.1) is 0 Å². The third-order valence-corrected chi connectivity index (χ3v) is 5.23. The van der Waals surface area contributed by atoms with Gasteiger partial charge in [0.2, 0.25) is 11.8 Å². The van der Waals surface area contributed by atoms with Gasteiger partial charge in [-0.25, -0.2) is 0 Å². The highest BCUT2D eigenvalue weighted by Gasteiger charge is 2.21. The van der Waals surface area contributed by atoms with Crippen LogP contribution < -0.4 is 4.90 Å². The molecule has 1 saturated heterocycles. The number of hydrogen-bond acceptors (Lipinski definition) is 4. The zero-order valence-electron chi connectivity index (χ0n) is 17.2. The van der Waals surface area contributed by atoms with Crippen LogP contribution in [0.3, 0.4) is 0 Å². The Kier molecular flexibility index (Phi) is 6.47. The quantitative estimate of drug-likeness (QED) is 0.553. The molecule has 0 N–H and O–H groups in total. The fraction of sp³-hybridized carbons (Fsp3) is 0.200. The predicted molar refractivity (Wildman–Crippen MR) is 120 cm³/mol. The molecule has 0 spiro atoms.